The Labute approximate surface area is 113 Å². The molecule has 1 unspecified atom stereocenters. The van der Waals surface area contributed by atoms with Crippen LogP contribution in [0, 0.1) is 5.92 Å². The van der Waals surface area contributed by atoms with Gasteiger partial charge in [0.15, 0.2) is 0 Å². The van der Waals surface area contributed by atoms with Crippen molar-refractivity contribution < 1.29 is 4.79 Å². The Morgan fingerprint density at radius 3 is 2.71 bits per heavy atom. The lowest BCUT2D eigenvalue weighted by Gasteiger charge is -2.15. The Morgan fingerprint density at radius 1 is 1.53 bits per heavy atom. The molecule has 0 spiro atoms. The molecule has 0 bridgehead atoms. The molecule has 1 atom stereocenters. The number of aromatic nitrogens is 1. The average molecular weight is 278 g/mol. The maximum absolute atomic E-state index is 11.7. The molecule has 3 N–H and O–H groups in total. The van der Waals surface area contributed by atoms with Gasteiger partial charge in [0, 0.05) is 25.0 Å². The van der Waals surface area contributed by atoms with Gasteiger partial charge in [0.05, 0.1) is 5.56 Å². The summed E-state index contributed by atoms with van der Waals surface area (Å²) in [7, 11) is 0. The van der Waals surface area contributed by atoms with E-state index in [1.807, 2.05) is 0 Å². The summed E-state index contributed by atoms with van der Waals surface area (Å²) in [4.78, 5) is 15.6. The summed E-state index contributed by atoms with van der Waals surface area (Å²) in [5.74, 6) is 0.501. The smallest absolute Gasteiger partial charge is 0.253 e. The van der Waals surface area contributed by atoms with Crippen LogP contribution >= 0.6 is 24.8 Å². The van der Waals surface area contributed by atoms with Crippen molar-refractivity contribution in [3.63, 3.8) is 0 Å². The van der Waals surface area contributed by atoms with E-state index in [-0.39, 0.29) is 36.8 Å². The number of hydrogen-bond acceptors (Lipinski definition) is 3. The Balaban J connectivity index is 0.00000128. The molecule has 2 rings (SSSR count). The number of pyridine rings is 1. The molecule has 1 heterocycles. The van der Waals surface area contributed by atoms with Gasteiger partial charge in [-0.1, -0.05) is 0 Å². The van der Waals surface area contributed by atoms with Crippen molar-refractivity contribution in [2.75, 3.05) is 6.54 Å². The second kappa shape index (κ2) is 7.48. The van der Waals surface area contributed by atoms with Gasteiger partial charge in [-0.05, 0) is 30.9 Å². The standard InChI is InChI=1S/C11H15N3O.2ClH/c12-6-10(8-3-4-8)14-11(15)9-2-1-5-13-7-9;;/h1-2,5,7-8,10H,3-4,6,12H2,(H,14,15);2*1H. The molecule has 0 aliphatic heterocycles. The van der Waals surface area contributed by atoms with Gasteiger partial charge in [0.1, 0.15) is 0 Å². The molecule has 1 aromatic heterocycles. The van der Waals surface area contributed by atoms with Gasteiger partial charge in [-0.3, -0.25) is 9.78 Å². The lowest BCUT2D eigenvalue weighted by Crippen LogP contribution is -2.41. The summed E-state index contributed by atoms with van der Waals surface area (Å²) in [5, 5.41) is 2.94. The van der Waals surface area contributed by atoms with Crippen LogP contribution in [0.5, 0.6) is 0 Å². The van der Waals surface area contributed by atoms with E-state index in [2.05, 4.69) is 10.3 Å². The molecule has 17 heavy (non-hydrogen) atoms. The van der Waals surface area contributed by atoms with Crippen molar-refractivity contribution in [2.45, 2.75) is 18.9 Å². The topological polar surface area (TPSA) is 68.0 Å². The van der Waals surface area contributed by atoms with Crippen LogP contribution < -0.4 is 11.1 Å². The minimum absolute atomic E-state index is 0. The first-order valence-electron chi connectivity index (χ1n) is 5.22. The van der Waals surface area contributed by atoms with Crippen LogP contribution in [0.1, 0.15) is 23.2 Å². The van der Waals surface area contributed by atoms with E-state index in [0.717, 1.165) is 0 Å². The second-order valence-corrected chi connectivity index (χ2v) is 3.89. The number of amides is 1. The Kier molecular flexibility index (Phi) is 7.11. The summed E-state index contributed by atoms with van der Waals surface area (Å²) in [6.07, 6.45) is 5.57. The number of carbonyl (C=O) groups excluding carboxylic acids is 1. The van der Waals surface area contributed by atoms with Crippen LogP contribution in [0.25, 0.3) is 0 Å². The number of halogens is 2. The van der Waals surface area contributed by atoms with Crippen molar-refractivity contribution >= 4 is 30.7 Å². The number of rotatable bonds is 4. The van der Waals surface area contributed by atoms with Crippen molar-refractivity contribution in [1.82, 2.24) is 10.3 Å². The molecule has 6 heteroatoms. The highest BCUT2D eigenvalue weighted by Gasteiger charge is 2.31. The highest BCUT2D eigenvalue weighted by Crippen LogP contribution is 2.32. The van der Waals surface area contributed by atoms with E-state index in [1.165, 1.54) is 12.8 Å². The Hall–Kier alpha value is -0.840. The van der Waals surface area contributed by atoms with Gasteiger partial charge in [-0.2, -0.15) is 0 Å². The van der Waals surface area contributed by atoms with Gasteiger partial charge >= 0.3 is 0 Å². The zero-order valence-electron chi connectivity index (χ0n) is 9.33. The van der Waals surface area contributed by atoms with E-state index in [9.17, 15) is 4.79 Å². The second-order valence-electron chi connectivity index (χ2n) is 3.89. The first kappa shape index (κ1) is 16.2. The van der Waals surface area contributed by atoms with E-state index < -0.39 is 0 Å². The predicted octanol–water partition coefficient (Wildman–Crippen LogP) is 1.39. The summed E-state index contributed by atoms with van der Waals surface area (Å²) in [6, 6.07) is 3.63. The number of nitrogens with one attached hydrogen (secondary N) is 1. The van der Waals surface area contributed by atoms with E-state index >= 15 is 0 Å². The molecular formula is C11H17Cl2N3O. The third kappa shape index (κ3) is 4.50. The molecule has 1 aromatic rings. The third-order valence-corrected chi connectivity index (χ3v) is 2.69. The number of nitrogens with zero attached hydrogens (tertiary/aromatic N) is 1. The van der Waals surface area contributed by atoms with E-state index in [1.54, 1.807) is 24.5 Å². The van der Waals surface area contributed by atoms with Crippen molar-refractivity contribution in [3.8, 4) is 0 Å². The molecular weight excluding hydrogens is 261 g/mol. The number of nitrogens with two attached hydrogens (primary N) is 1. The zero-order chi connectivity index (χ0) is 10.7. The lowest BCUT2D eigenvalue weighted by atomic mass is 10.1. The molecule has 1 fully saturated rings. The van der Waals surface area contributed by atoms with Crippen LogP contribution in [-0.4, -0.2) is 23.5 Å². The molecule has 1 aliphatic rings. The summed E-state index contributed by atoms with van der Waals surface area (Å²) >= 11 is 0. The molecule has 0 saturated heterocycles. The highest BCUT2D eigenvalue weighted by molar-refractivity contribution is 5.94. The molecule has 1 aliphatic carbocycles. The van der Waals surface area contributed by atoms with Crippen molar-refractivity contribution in [3.05, 3.63) is 30.1 Å². The molecule has 1 amide bonds. The summed E-state index contributed by atoms with van der Waals surface area (Å²) in [5.41, 5.74) is 6.20. The van der Waals surface area contributed by atoms with Gasteiger partial charge in [-0.25, -0.2) is 0 Å². The van der Waals surface area contributed by atoms with Crippen LogP contribution in [0.4, 0.5) is 0 Å². The van der Waals surface area contributed by atoms with Crippen molar-refractivity contribution in [2.24, 2.45) is 11.7 Å². The molecule has 0 aromatic carbocycles. The van der Waals surface area contributed by atoms with E-state index in [0.29, 0.717) is 18.0 Å². The molecule has 4 nitrogen and oxygen atoms in total. The molecule has 0 radical (unpaired) electrons. The molecule has 1 saturated carbocycles. The first-order valence-corrected chi connectivity index (χ1v) is 5.22. The minimum atomic E-state index is -0.0783. The Morgan fingerprint density at radius 2 is 2.24 bits per heavy atom. The predicted molar refractivity (Wildman–Crippen MR) is 71.8 cm³/mol. The van der Waals surface area contributed by atoms with Gasteiger partial charge in [0.25, 0.3) is 5.91 Å². The highest BCUT2D eigenvalue weighted by atomic mass is 35.5. The lowest BCUT2D eigenvalue weighted by molar-refractivity contribution is 0.0933. The fraction of sp³-hybridized carbons (Fsp3) is 0.455. The maximum atomic E-state index is 11.7. The van der Waals surface area contributed by atoms with Gasteiger partial charge in [-0.15, -0.1) is 24.8 Å². The summed E-state index contributed by atoms with van der Waals surface area (Å²) in [6.45, 7) is 0.511. The van der Waals surface area contributed by atoms with E-state index in [4.69, 9.17) is 5.73 Å². The maximum Gasteiger partial charge on any atom is 0.253 e. The fourth-order valence-corrected chi connectivity index (χ4v) is 1.62. The average Bonchev–Trinajstić information content (AvgIpc) is 3.10. The molecule has 96 valence electrons. The normalized spacial score (nSPS) is 15.1. The van der Waals surface area contributed by atoms with Crippen LogP contribution in [-0.2, 0) is 0 Å². The number of carbonyl (C=O) groups is 1. The fourth-order valence-electron chi connectivity index (χ4n) is 1.62. The zero-order valence-corrected chi connectivity index (χ0v) is 11.0. The van der Waals surface area contributed by atoms with Crippen LogP contribution in [0.3, 0.4) is 0 Å². The monoisotopic (exact) mass is 277 g/mol. The van der Waals surface area contributed by atoms with Gasteiger partial charge in [0.2, 0.25) is 0 Å². The third-order valence-electron chi connectivity index (χ3n) is 2.69. The van der Waals surface area contributed by atoms with Crippen LogP contribution in [0.2, 0.25) is 0 Å². The minimum Gasteiger partial charge on any atom is -0.348 e. The largest absolute Gasteiger partial charge is 0.348 e. The first-order chi connectivity index (χ1) is 7.31. The van der Waals surface area contributed by atoms with Crippen molar-refractivity contribution in [1.29, 1.82) is 0 Å². The van der Waals surface area contributed by atoms with Gasteiger partial charge < -0.3 is 11.1 Å². The van der Waals surface area contributed by atoms with Crippen LogP contribution in [0.15, 0.2) is 24.5 Å². The Bertz CT molecular complexity index is 344. The SMILES string of the molecule is Cl.Cl.NCC(NC(=O)c1cccnc1)C1CC1. The summed E-state index contributed by atoms with van der Waals surface area (Å²) < 4.78 is 0. The quantitative estimate of drug-likeness (QED) is 0.874. The number of hydrogen-bond donors (Lipinski definition) is 2.